The van der Waals surface area contributed by atoms with E-state index in [-0.39, 0.29) is 11.8 Å². The summed E-state index contributed by atoms with van der Waals surface area (Å²) >= 11 is 0. The van der Waals surface area contributed by atoms with Crippen LogP contribution in [0.15, 0.2) is 66.7 Å². The van der Waals surface area contributed by atoms with E-state index in [4.69, 9.17) is 0 Å². The van der Waals surface area contributed by atoms with Crippen LogP contribution in [0.5, 0.6) is 0 Å². The minimum absolute atomic E-state index is 0.108. The molecular weight excluding hydrogens is 300 g/mol. The van der Waals surface area contributed by atoms with Gasteiger partial charge >= 0.3 is 0 Å². The Balaban J connectivity index is 1.71. The van der Waals surface area contributed by atoms with E-state index in [1.54, 1.807) is 31.3 Å². The number of fused-ring (bicyclic) bond motifs is 1. The van der Waals surface area contributed by atoms with Crippen LogP contribution in [-0.2, 0) is 11.2 Å². The molecule has 0 saturated heterocycles. The fraction of sp³-hybridized carbons (Fsp3) is 0.100. The van der Waals surface area contributed by atoms with Crippen LogP contribution < -0.4 is 10.6 Å². The highest BCUT2D eigenvalue weighted by molar-refractivity contribution is 5.97. The Hall–Kier alpha value is -3.14. The highest BCUT2D eigenvalue weighted by Crippen LogP contribution is 2.25. The Morgan fingerprint density at radius 2 is 1.58 bits per heavy atom. The summed E-state index contributed by atoms with van der Waals surface area (Å²) in [6.07, 6.45) is 0.294. The van der Waals surface area contributed by atoms with Crippen LogP contribution >= 0.6 is 0 Å². The van der Waals surface area contributed by atoms with Crippen molar-refractivity contribution >= 4 is 17.5 Å². The average molecular weight is 318 g/mol. The normalized spacial score (nSPS) is 10.4. The van der Waals surface area contributed by atoms with E-state index in [1.807, 2.05) is 42.5 Å². The Kier molecular flexibility index (Phi) is 4.57. The third-order valence-corrected chi connectivity index (χ3v) is 3.79. The molecule has 0 radical (unpaired) electrons. The van der Waals surface area contributed by atoms with Gasteiger partial charge in [-0.05, 0) is 34.9 Å². The van der Waals surface area contributed by atoms with E-state index in [2.05, 4.69) is 10.6 Å². The van der Waals surface area contributed by atoms with Crippen molar-refractivity contribution in [2.45, 2.75) is 6.42 Å². The standard InChI is InChI=1S/C20H18N2O2/c1-21-20(24)17-8-5-9-18(13-17)22-19(23)12-14-10-15-6-3-2-4-7-16(15)11-14/h2-11,13H,12H2,1H3,(H,21,24)(H,22,23). The zero-order chi connectivity index (χ0) is 16.9. The number of anilines is 1. The second-order valence-corrected chi connectivity index (χ2v) is 5.57. The molecule has 2 aliphatic carbocycles. The Labute approximate surface area is 140 Å². The summed E-state index contributed by atoms with van der Waals surface area (Å²) in [4.78, 5) is 23.9. The summed E-state index contributed by atoms with van der Waals surface area (Å²) in [6.45, 7) is 0. The van der Waals surface area contributed by atoms with Crippen LogP contribution in [0.4, 0.5) is 5.69 Å². The lowest BCUT2D eigenvalue weighted by molar-refractivity contribution is -0.115. The molecule has 0 spiro atoms. The molecule has 24 heavy (non-hydrogen) atoms. The number of amides is 2. The molecule has 0 aromatic heterocycles. The summed E-state index contributed by atoms with van der Waals surface area (Å²) < 4.78 is 0. The maximum Gasteiger partial charge on any atom is 0.251 e. The molecule has 1 aromatic rings. The molecule has 0 unspecified atom stereocenters. The maximum atomic E-state index is 12.3. The van der Waals surface area contributed by atoms with Crippen LogP contribution in [0.2, 0.25) is 0 Å². The van der Waals surface area contributed by atoms with E-state index in [0.29, 0.717) is 17.7 Å². The van der Waals surface area contributed by atoms with Crippen molar-refractivity contribution in [1.82, 2.24) is 5.32 Å². The molecule has 4 nitrogen and oxygen atoms in total. The lowest BCUT2D eigenvalue weighted by Crippen LogP contribution is -2.18. The van der Waals surface area contributed by atoms with Gasteiger partial charge in [0, 0.05) is 18.3 Å². The molecule has 0 bridgehead atoms. The van der Waals surface area contributed by atoms with E-state index in [1.165, 1.54) is 0 Å². The van der Waals surface area contributed by atoms with Crippen LogP contribution in [0.1, 0.15) is 15.9 Å². The number of carbonyl (C=O) groups is 2. The molecule has 0 atom stereocenters. The Morgan fingerprint density at radius 3 is 2.25 bits per heavy atom. The molecule has 120 valence electrons. The van der Waals surface area contributed by atoms with Gasteiger partial charge in [-0.1, -0.05) is 48.5 Å². The molecule has 2 N–H and O–H groups in total. The van der Waals surface area contributed by atoms with Gasteiger partial charge in [0.1, 0.15) is 0 Å². The number of nitrogens with one attached hydrogen (secondary N) is 2. The highest BCUT2D eigenvalue weighted by atomic mass is 16.2. The monoisotopic (exact) mass is 318 g/mol. The zero-order valence-electron chi connectivity index (χ0n) is 13.4. The molecule has 2 aliphatic rings. The van der Waals surface area contributed by atoms with Gasteiger partial charge in [0.05, 0.1) is 6.42 Å². The summed E-state index contributed by atoms with van der Waals surface area (Å²) in [5.74, 6) is -0.287. The molecular formula is C20H18N2O2. The first kappa shape index (κ1) is 15.7. The fourth-order valence-corrected chi connectivity index (χ4v) is 2.65. The molecule has 0 saturated carbocycles. The van der Waals surface area contributed by atoms with E-state index in [9.17, 15) is 9.59 Å². The average Bonchev–Trinajstić information content (AvgIpc) is 2.82. The molecule has 0 fully saturated rings. The van der Waals surface area contributed by atoms with Crippen molar-refractivity contribution < 1.29 is 9.59 Å². The first-order valence-corrected chi connectivity index (χ1v) is 7.75. The lowest BCUT2D eigenvalue weighted by atomic mass is 10.1. The van der Waals surface area contributed by atoms with E-state index >= 15 is 0 Å². The van der Waals surface area contributed by atoms with Crippen molar-refractivity contribution in [2.24, 2.45) is 0 Å². The maximum absolute atomic E-state index is 12.3. The van der Waals surface area contributed by atoms with Gasteiger partial charge in [-0.2, -0.15) is 0 Å². The predicted molar refractivity (Wildman–Crippen MR) is 95.2 cm³/mol. The number of benzene rings is 1. The van der Waals surface area contributed by atoms with Crippen molar-refractivity contribution in [3.63, 3.8) is 0 Å². The zero-order valence-corrected chi connectivity index (χ0v) is 13.4. The van der Waals surface area contributed by atoms with Gasteiger partial charge in [-0.3, -0.25) is 9.59 Å². The third kappa shape index (κ3) is 3.60. The van der Waals surface area contributed by atoms with Crippen LogP contribution in [0.3, 0.4) is 0 Å². The smallest absolute Gasteiger partial charge is 0.251 e. The Morgan fingerprint density at radius 1 is 0.875 bits per heavy atom. The van der Waals surface area contributed by atoms with Crippen LogP contribution in [0, 0.1) is 0 Å². The van der Waals surface area contributed by atoms with Gasteiger partial charge in [-0.25, -0.2) is 0 Å². The molecule has 1 aromatic carbocycles. The summed E-state index contributed by atoms with van der Waals surface area (Å²) in [7, 11) is 1.58. The number of carbonyl (C=O) groups excluding carboxylic acids is 2. The van der Waals surface area contributed by atoms with Crippen molar-refractivity contribution in [3.05, 3.63) is 77.9 Å². The minimum atomic E-state index is -0.179. The minimum Gasteiger partial charge on any atom is -0.355 e. The molecule has 3 rings (SSSR count). The summed E-state index contributed by atoms with van der Waals surface area (Å²) in [5, 5.41) is 5.41. The first-order chi connectivity index (χ1) is 11.7. The predicted octanol–water partition coefficient (Wildman–Crippen LogP) is 3.33. The van der Waals surface area contributed by atoms with Gasteiger partial charge in [0.15, 0.2) is 0 Å². The quantitative estimate of drug-likeness (QED) is 0.775. The van der Waals surface area contributed by atoms with Gasteiger partial charge in [-0.15, -0.1) is 0 Å². The summed E-state index contributed by atoms with van der Waals surface area (Å²) in [5.41, 5.74) is 4.33. The van der Waals surface area contributed by atoms with Crippen molar-refractivity contribution in [1.29, 1.82) is 0 Å². The molecule has 0 aliphatic heterocycles. The number of hydrogen-bond donors (Lipinski definition) is 2. The van der Waals surface area contributed by atoms with E-state index in [0.717, 1.165) is 16.7 Å². The number of rotatable bonds is 4. The van der Waals surface area contributed by atoms with Crippen molar-refractivity contribution in [2.75, 3.05) is 12.4 Å². The molecule has 2 amide bonds. The van der Waals surface area contributed by atoms with Gasteiger partial charge < -0.3 is 10.6 Å². The highest BCUT2D eigenvalue weighted by Gasteiger charge is 2.10. The first-order valence-electron chi connectivity index (χ1n) is 7.75. The van der Waals surface area contributed by atoms with Gasteiger partial charge in [0.2, 0.25) is 5.91 Å². The number of hydrogen-bond acceptors (Lipinski definition) is 2. The fourth-order valence-electron chi connectivity index (χ4n) is 2.65. The SMILES string of the molecule is CNC(=O)c1cccc(NC(=O)Cc2cc3cccccc-3c2)c1. The van der Waals surface area contributed by atoms with Crippen LogP contribution in [-0.4, -0.2) is 18.9 Å². The van der Waals surface area contributed by atoms with Crippen molar-refractivity contribution in [3.8, 4) is 11.1 Å². The lowest BCUT2D eigenvalue weighted by Gasteiger charge is -2.06. The topological polar surface area (TPSA) is 58.2 Å². The van der Waals surface area contributed by atoms with E-state index < -0.39 is 0 Å². The molecule has 4 heteroatoms. The van der Waals surface area contributed by atoms with Crippen LogP contribution in [0.25, 0.3) is 11.1 Å². The van der Waals surface area contributed by atoms with Gasteiger partial charge in [0.25, 0.3) is 5.91 Å². The second kappa shape index (κ2) is 6.96. The molecule has 0 heterocycles. The third-order valence-electron chi connectivity index (χ3n) is 3.79. The largest absolute Gasteiger partial charge is 0.355 e. The Bertz CT molecular complexity index is 827. The second-order valence-electron chi connectivity index (χ2n) is 5.57. The summed E-state index contributed by atoms with van der Waals surface area (Å²) in [6, 6.07) is 20.9.